The number of carbonyl (C=O) groups excluding carboxylic acids is 2. The summed E-state index contributed by atoms with van der Waals surface area (Å²) in [5.74, 6) is -0.417. The second kappa shape index (κ2) is 12.4. The van der Waals surface area contributed by atoms with E-state index in [1.54, 1.807) is 29.2 Å². The Balaban J connectivity index is 1.67. The maximum atomic E-state index is 13.7. The first-order valence-corrected chi connectivity index (χ1v) is 12.4. The van der Waals surface area contributed by atoms with Crippen LogP contribution in [0.15, 0.2) is 109 Å². The highest BCUT2D eigenvalue weighted by Crippen LogP contribution is 2.26. The number of hydrogen-bond acceptors (Lipinski definition) is 2. The lowest BCUT2D eigenvalue weighted by atomic mass is 10.0. The van der Waals surface area contributed by atoms with Crippen LogP contribution in [0.4, 0.5) is 0 Å². The predicted octanol–water partition coefficient (Wildman–Crippen LogP) is 6.62. The minimum Gasteiger partial charge on any atom is -0.350 e. The molecule has 0 spiro atoms. The summed E-state index contributed by atoms with van der Waals surface area (Å²) in [4.78, 5) is 29.0. The fourth-order valence-electron chi connectivity index (χ4n) is 3.98. The van der Waals surface area contributed by atoms with E-state index in [1.807, 2.05) is 84.9 Å². The van der Waals surface area contributed by atoms with Crippen molar-refractivity contribution in [3.05, 3.63) is 141 Å². The highest BCUT2D eigenvalue weighted by molar-refractivity contribution is 6.30. The Morgan fingerprint density at radius 3 is 1.78 bits per heavy atom. The van der Waals surface area contributed by atoms with Crippen molar-refractivity contribution in [1.29, 1.82) is 0 Å². The molecule has 4 rings (SSSR count). The zero-order chi connectivity index (χ0) is 25.3. The number of hydrogen-bond donors (Lipinski definition) is 1. The molecule has 4 nitrogen and oxygen atoms in total. The van der Waals surface area contributed by atoms with Gasteiger partial charge in [0.2, 0.25) is 11.8 Å². The van der Waals surface area contributed by atoms with Crippen LogP contribution >= 0.6 is 23.2 Å². The van der Waals surface area contributed by atoms with E-state index in [0.717, 1.165) is 22.3 Å². The fourth-order valence-corrected chi connectivity index (χ4v) is 4.23. The molecule has 0 bridgehead atoms. The van der Waals surface area contributed by atoms with E-state index in [4.69, 9.17) is 23.2 Å². The third kappa shape index (κ3) is 6.97. The number of benzene rings is 4. The molecule has 0 aromatic heterocycles. The third-order valence-electron chi connectivity index (χ3n) is 5.84. The average Bonchev–Trinajstić information content (AvgIpc) is 2.91. The summed E-state index contributed by atoms with van der Waals surface area (Å²) in [5.41, 5.74) is 3.42. The largest absolute Gasteiger partial charge is 0.350 e. The van der Waals surface area contributed by atoms with Gasteiger partial charge in [0.1, 0.15) is 6.04 Å². The summed E-state index contributed by atoms with van der Waals surface area (Å²) in [6.45, 7) is 0.616. The van der Waals surface area contributed by atoms with Gasteiger partial charge in [0.15, 0.2) is 0 Å². The van der Waals surface area contributed by atoms with E-state index < -0.39 is 6.04 Å². The monoisotopic (exact) mass is 516 g/mol. The molecular weight excluding hydrogens is 491 g/mol. The lowest BCUT2D eigenvalue weighted by molar-refractivity contribution is -0.141. The molecule has 0 aliphatic heterocycles. The van der Waals surface area contributed by atoms with Crippen molar-refractivity contribution in [2.45, 2.75) is 25.6 Å². The van der Waals surface area contributed by atoms with E-state index in [1.165, 1.54) is 0 Å². The first-order chi connectivity index (χ1) is 17.5. The number of rotatable bonds is 9. The van der Waals surface area contributed by atoms with Crippen LogP contribution in [0.5, 0.6) is 0 Å². The fraction of sp³-hybridized carbons (Fsp3) is 0.133. The van der Waals surface area contributed by atoms with Crippen LogP contribution in [0, 0.1) is 0 Å². The molecule has 36 heavy (non-hydrogen) atoms. The second-order valence-electron chi connectivity index (χ2n) is 8.47. The first kappa shape index (κ1) is 25.5. The molecule has 0 unspecified atom stereocenters. The highest BCUT2D eigenvalue weighted by atomic mass is 35.5. The molecule has 182 valence electrons. The molecule has 0 saturated carbocycles. The van der Waals surface area contributed by atoms with E-state index in [-0.39, 0.29) is 24.8 Å². The average molecular weight is 517 g/mol. The number of nitrogens with zero attached hydrogens (tertiary/aromatic N) is 1. The predicted molar refractivity (Wildman–Crippen MR) is 145 cm³/mol. The Labute approximate surface area is 221 Å². The molecule has 4 aromatic carbocycles. The Morgan fingerprint density at radius 2 is 1.19 bits per heavy atom. The zero-order valence-corrected chi connectivity index (χ0v) is 21.1. The van der Waals surface area contributed by atoms with Crippen LogP contribution in [0.25, 0.3) is 0 Å². The van der Waals surface area contributed by atoms with Gasteiger partial charge >= 0.3 is 0 Å². The summed E-state index contributed by atoms with van der Waals surface area (Å²) in [5, 5.41) is 4.24. The number of nitrogens with one attached hydrogen (secondary N) is 1. The lowest BCUT2D eigenvalue weighted by Gasteiger charge is -2.32. The Morgan fingerprint density at radius 1 is 0.667 bits per heavy atom. The van der Waals surface area contributed by atoms with Crippen LogP contribution in [-0.2, 0) is 29.1 Å². The molecule has 0 aliphatic carbocycles. The standard InChI is InChI=1S/C30H26Cl2N2O2/c31-26-15-11-22(12-16-26)19-28(35)34(21-24-13-17-27(32)18-14-24)29(25-9-5-2-6-10-25)30(36)33-20-23-7-3-1-4-8-23/h1-18,29H,19-21H2,(H,33,36)/t29-/m1/s1. The number of amides is 2. The molecule has 0 heterocycles. The molecule has 1 N–H and O–H groups in total. The SMILES string of the molecule is O=C(NCc1ccccc1)[C@@H](c1ccccc1)N(Cc1ccc(Cl)cc1)C(=O)Cc1ccc(Cl)cc1. The van der Waals surface area contributed by atoms with Crippen LogP contribution in [0.3, 0.4) is 0 Å². The number of halogens is 2. The van der Waals surface area contributed by atoms with Gasteiger partial charge in [-0.25, -0.2) is 0 Å². The van der Waals surface area contributed by atoms with Gasteiger partial charge in [-0.15, -0.1) is 0 Å². The Bertz CT molecular complexity index is 1280. The van der Waals surface area contributed by atoms with Gasteiger partial charge < -0.3 is 10.2 Å². The van der Waals surface area contributed by atoms with Gasteiger partial charge in [0.25, 0.3) is 0 Å². The normalized spacial score (nSPS) is 11.5. The third-order valence-corrected chi connectivity index (χ3v) is 6.34. The molecule has 1 atom stereocenters. The van der Waals surface area contributed by atoms with E-state index in [2.05, 4.69) is 5.32 Å². The molecule has 4 aromatic rings. The van der Waals surface area contributed by atoms with Gasteiger partial charge in [0, 0.05) is 23.1 Å². The van der Waals surface area contributed by atoms with Crippen molar-refractivity contribution in [3.63, 3.8) is 0 Å². The second-order valence-corrected chi connectivity index (χ2v) is 9.34. The molecule has 0 fully saturated rings. The Hall–Kier alpha value is -3.60. The van der Waals surface area contributed by atoms with E-state index >= 15 is 0 Å². The van der Waals surface area contributed by atoms with Crippen LogP contribution in [0.2, 0.25) is 10.0 Å². The smallest absolute Gasteiger partial charge is 0.247 e. The quantitative estimate of drug-likeness (QED) is 0.271. The summed E-state index contributed by atoms with van der Waals surface area (Å²) >= 11 is 12.1. The van der Waals surface area contributed by atoms with Gasteiger partial charge in [-0.2, -0.15) is 0 Å². The summed E-state index contributed by atoms with van der Waals surface area (Å²) in [7, 11) is 0. The molecular formula is C30H26Cl2N2O2. The van der Waals surface area contributed by atoms with Gasteiger partial charge in [-0.3, -0.25) is 9.59 Å². The van der Waals surface area contributed by atoms with E-state index in [9.17, 15) is 9.59 Å². The first-order valence-electron chi connectivity index (χ1n) is 11.6. The zero-order valence-electron chi connectivity index (χ0n) is 19.6. The van der Waals surface area contributed by atoms with Crippen molar-refractivity contribution in [1.82, 2.24) is 10.2 Å². The topological polar surface area (TPSA) is 49.4 Å². The molecule has 2 amide bonds. The highest BCUT2D eigenvalue weighted by Gasteiger charge is 2.31. The maximum Gasteiger partial charge on any atom is 0.247 e. The summed E-state index contributed by atoms with van der Waals surface area (Å²) in [6, 6.07) is 32.7. The van der Waals surface area contributed by atoms with Crippen molar-refractivity contribution < 1.29 is 9.59 Å². The van der Waals surface area contributed by atoms with Crippen molar-refractivity contribution in [2.24, 2.45) is 0 Å². The minimum atomic E-state index is -0.814. The van der Waals surface area contributed by atoms with Crippen molar-refractivity contribution in [2.75, 3.05) is 0 Å². The van der Waals surface area contributed by atoms with Gasteiger partial charge in [-0.1, -0.05) is 108 Å². The van der Waals surface area contributed by atoms with Crippen LogP contribution in [0.1, 0.15) is 28.3 Å². The van der Waals surface area contributed by atoms with Crippen molar-refractivity contribution in [3.8, 4) is 0 Å². The maximum absolute atomic E-state index is 13.7. The molecule has 0 radical (unpaired) electrons. The number of carbonyl (C=O) groups is 2. The molecule has 6 heteroatoms. The summed E-state index contributed by atoms with van der Waals surface area (Å²) < 4.78 is 0. The summed E-state index contributed by atoms with van der Waals surface area (Å²) in [6.07, 6.45) is 0.139. The van der Waals surface area contributed by atoms with Gasteiger partial charge in [0.05, 0.1) is 6.42 Å². The molecule has 0 aliphatic rings. The van der Waals surface area contributed by atoms with E-state index in [0.29, 0.717) is 16.6 Å². The van der Waals surface area contributed by atoms with Crippen LogP contribution in [-0.4, -0.2) is 16.7 Å². The van der Waals surface area contributed by atoms with Gasteiger partial charge in [-0.05, 0) is 46.5 Å². The minimum absolute atomic E-state index is 0.139. The lowest BCUT2D eigenvalue weighted by Crippen LogP contribution is -2.43. The van der Waals surface area contributed by atoms with Crippen LogP contribution < -0.4 is 5.32 Å². The van der Waals surface area contributed by atoms with Crippen molar-refractivity contribution >= 4 is 35.0 Å². The molecule has 0 saturated heterocycles. The Kier molecular flexibility index (Phi) is 8.77.